The van der Waals surface area contributed by atoms with Gasteiger partial charge in [-0.1, -0.05) is 38.3 Å². The Morgan fingerprint density at radius 3 is 2.57 bits per heavy atom. The van der Waals surface area contributed by atoms with Gasteiger partial charge in [0, 0.05) is 6.54 Å². The van der Waals surface area contributed by atoms with Gasteiger partial charge in [-0.3, -0.25) is 0 Å². The quantitative estimate of drug-likeness (QED) is 0.755. The average Bonchev–Trinajstić information content (AvgIpc) is 2.22. The van der Waals surface area contributed by atoms with E-state index in [1.54, 1.807) is 12.3 Å². The van der Waals surface area contributed by atoms with Gasteiger partial charge in [-0.05, 0) is 18.1 Å². The number of halogens is 1. The lowest BCUT2D eigenvalue weighted by Crippen LogP contribution is -2.12. The minimum absolute atomic E-state index is 0.540. The van der Waals surface area contributed by atoms with Gasteiger partial charge in [0.15, 0.2) is 0 Å². The van der Waals surface area contributed by atoms with Crippen LogP contribution in [0.2, 0.25) is 5.15 Å². The van der Waals surface area contributed by atoms with Gasteiger partial charge >= 0.3 is 0 Å². The molecule has 0 saturated carbocycles. The normalized spacial score (nSPS) is 10.6. The van der Waals surface area contributed by atoms with E-state index >= 15 is 0 Å². The number of hydrogen-bond acceptors (Lipinski definition) is 2. The second-order valence-corrected chi connectivity index (χ2v) is 3.82. The minimum atomic E-state index is 0.540. The first-order valence-electron chi connectivity index (χ1n) is 5.11. The minimum Gasteiger partial charge on any atom is -0.384 e. The van der Waals surface area contributed by atoms with E-state index in [4.69, 9.17) is 11.6 Å². The fraction of sp³-hybridized carbons (Fsp3) is 0.545. The Hall–Kier alpha value is -0.760. The number of nitrogens with one attached hydrogen (secondary N) is 1. The molecule has 1 aromatic heterocycles. The Morgan fingerprint density at radius 2 is 2.07 bits per heavy atom. The average molecular weight is 213 g/mol. The molecule has 0 aromatic carbocycles. The van der Waals surface area contributed by atoms with Crippen LogP contribution in [0.4, 0.5) is 5.69 Å². The predicted molar refractivity (Wildman–Crippen MR) is 61.8 cm³/mol. The van der Waals surface area contributed by atoms with Gasteiger partial charge in [0.25, 0.3) is 0 Å². The summed E-state index contributed by atoms with van der Waals surface area (Å²) in [5.41, 5.74) is 1.04. The standard InChI is InChI=1S/C11H17ClN2/c1-3-9(4-2)7-13-10-5-6-11(12)14-8-10/h5-6,8-9,13H,3-4,7H2,1-2H3. The third-order valence-electron chi connectivity index (χ3n) is 2.48. The first-order valence-corrected chi connectivity index (χ1v) is 5.49. The number of rotatable bonds is 5. The van der Waals surface area contributed by atoms with Crippen molar-refractivity contribution in [3.63, 3.8) is 0 Å². The topological polar surface area (TPSA) is 24.9 Å². The number of pyridine rings is 1. The van der Waals surface area contributed by atoms with E-state index in [1.165, 1.54) is 12.8 Å². The number of hydrogen-bond donors (Lipinski definition) is 1. The first kappa shape index (κ1) is 11.3. The van der Waals surface area contributed by atoms with Crippen molar-refractivity contribution in [3.8, 4) is 0 Å². The van der Waals surface area contributed by atoms with Crippen molar-refractivity contribution >= 4 is 17.3 Å². The molecule has 0 aliphatic carbocycles. The Labute approximate surface area is 90.7 Å². The number of anilines is 1. The maximum Gasteiger partial charge on any atom is 0.129 e. The Bertz CT molecular complexity index is 254. The van der Waals surface area contributed by atoms with Crippen LogP contribution in [-0.4, -0.2) is 11.5 Å². The maximum absolute atomic E-state index is 5.69. The zero-order valence-corrected chi connectivity index (χ0v) is 9.51. The molecule has 1 rings (SSSR count). The fourth-order valence-corrected chi connectivity index (χ4v) is 1.43. The van der Waals surface area contributed by atoms with E-state index in [2.05, 4.69) is 24.1 Å². The van der Waals surface area contributed by atoms with Gasteiger partial charge in [0.05, 0.1) is 11.9 Å². The molecule has 0 amide bonds. The maximum atomic E-state index is 5.69. The van der Waals surface area contributed by atoms with Crippen LogP contribution in [0.15, 0.2) is 18.3 Å². The highest BCUT2D eigenvalue weighted by atomic mass is 35.5. The molecule has 0 spiro atoms. The summed E-state index contributed by atoms with van der Waals surface area (Å²) in [6.07, 6.45) is 4.19. The first-order chi connectivity index (χ1) is 6.76. The third-order valence-corrected chi connectivity index (χ3v) is 2.70. The summed E-state index contributed by atoms with van der Waals surface area (Å²) in [5, 5.41) is 3.89. The second-order valence-electron chi connectivity index (χ2n) is 3.43. The van der Waals surface area contributed by atoms with Crippen LogP contribution >= 0.6 is 11.6 Å². The van der Waals surface area contributed by atoms with Crippen molar-refractivity contribution < 1.29 is 0 Å². The molecule has 0 bridgehead atoms. The highest BCUT2D eigenvalue weighted by molar-refractivity contribution is 6.29. The van der Waals surface area contributed by atoms with Crippen molar-refractivity contribution in [2.75, 3.05) is 11.9 Å². The molecule has 1 heterocycles. The highest BCUT2D eigenvalue weighted by Gasteiger charge is 2.02. The van der Waals surface area contributed by atoms with Crippen LogP contribution < -0.4 is 5.32 Å². The summed E-state index contributed by atoms with van der Waals surface area (Å²) >= 11 is 5.69. The monoisotopic (exact) mass is 212 g/mol. The molecular weight excluding hydrogens is 196 g/mol. The zero-order valence-electron chi connectivity index (χ0n) is 8.76. The molecule has 0 aliphatic heterocycles. The van der Waals surface area contributed by atoms with Crippen molar-refractivity contribution in [3.05, 3.63) is 23.5 Å². The summed E-state index contributed by atoms with van der Waals surface area (Å²) < 4.78 is 0. The van der Waals surface area contributed by atoms with Gasteiger partial charge in [-0.25, -0.2) is 4.98 Å². The second kappa shape index (κ2) is 5.86. The lowest BCUT2D eigenvalue weighted by Gasteiger charge is -2.13. The van der Waals surface area contributed by atoms with Crippen molar-refractivity contribution in [1.82, 2.24) is 4.98 Å². The zero-order chi connectivity index (χ0) is 10.4. The predicted octanol–water partition coefficient (Wildman–Crippen LogP) is 3.58. The van der Waals surface area contributed by atoms with Crippen LogP contribution in [0, 0.1) is 5.92 Å². The number of nitrogens with zero attached hydrogens (tertiary/aromatic N) is 1. The summed E-state index contributed by atoms with van der Waals surface area (Å²) in [6.45, 7) is 5.45. The van der Waals surface area contributed by atoms with Gasteiger partial charge in [-0.2, -0.15) is 0 Å². The summed E-state index contributed by atoms with van der Waals surface area (Å²) in [7, 11) is 0. The summed E-state index contributed by atoms with van der Waals surface area (Å²) in [5.74, 6) is 0.741. The van der Waals surface area contributed by atoms with Gasteiger partial charge in [-0.15, -0.1) is 0 Å². The molecule has 3 heteroatoms. The summed E-state index contributed by atoms with van der Waals surface area (Å²) in [4.78, 5) is 4.01. The molecular formula is C11H17ClN2. The fourth-order valence-electron chi connectivity index (χ4n) is 1.32. The molecule has 0 aliphatic rings. The Kier molecular flexibility index (Phi) is 4.74. The van der Waals surface area contributed by atoms with E-state index in [0.717, 1.165) is 18.2 Å². The molecule has 0 fully saturated rings. The number of aromatic nitrogens is 1. The molecule has 14 heavy (non-hydrogen) atoms. The van der Waals surface area contributed by atoms with Crippen LogP contribution in [0.3, 0.4) is 0 Å². The SMILES string of the molecule is CCC(CC)CNc1ccc(Cl)nc1. The molecule has 0 atom stereocenters. The molecule has 78 valence electrons. The molecule has 1 aromatic rings. The van der Waals surface area contributed by atoms with Crippen LogP contribution in [0.25, 0.3) is 0 Å². The molecule has 2 nitrogen and oxygen atoms in total. The van der Waals surface area contributed by atoms with E-state index in [0.29, 0.717) is 5.15 Å². The van der Waals surface area contributed by atoms with E-state index < -0.39 is 0 Å². The van der Waals surface area contributed by atoms with Crippen LogP contribution in [0.1, 0.15) is 26.7 Å². The van der Waals surface area contributed by atoms with Gasteiger partial charge in [0.1, 0.15) is 5.15 Å². The lowest BCUT2D eigenvalue weighted by atomic mass is 10.0. The highest BCUT2D eigenvalue weighted by Crippen LogP contribution is 2.12. The van der Waals surface area contributed by atoms with Crippen molar-refractivity contribution in [2.24, 2.45) is 5.92 Å². The molecule has 0 unspecified atom stereocenters. The Balaban J connectivity index is 2.41. The third kappa shape index (κ3) is 3.54. The summed E-state index contributed by atoms with van der Waals surface area (Å²) in [6, 6.07) is 3.76. The van der Waals surface area contributed by atoms with E-state index in [9.17, 15) is 0 Å². The van der Waals surface area contributed by atoms with Crippen LogP contribution in [0.5, 0.6) is 0 Å². The van der Waals surface area contributed by atoms with Crippen molar-refractivity contribution in [2.45, 2.75) is 26.7 Å². The van der Waals surface area contributed by atoms with Gasteiger partial charge < -0.3 is 5.32 Å². The molecule has 0 radical (unpaired) electrons. The largest absolute Gasteiger partial charge is 0.384 e. The smallest absolute Gasteiger partial charge is 0.129 e. The lowest BCUT2D eigenvalue weighted by molar-refractivity contribution is 0.519. The van der Waals surface area contributed by atoms with Crippen LogP contribution in [-0.2, 0) is 0 Å². The van der Waals surface area contributed by atoms with E-state index in [-0.39, 0.29) is 0 Å². The van der Waals surface area contributed by atoms with Gasteiger partial charge in [0.2, 0.25) is 0 Å². The van der Waals surface area contributed by atoms with E-state index in [1.807, 2.05) is 6.07 Å². The Morgan fingerprint density at radius 1 is 1.36 bits per heavy atom. The molecule has 0 saturated heterocycles. The van der Waals surface area contributed by atoms with Crippen molar-refractivity contribution in [1.29, 1.82) is 0 Å². The molecule has 1 N–H and O–H groups in total.